The molecule has 20 heavy (non-hydrogen) atoms. The highest BCUT2D eigenvalue weighted by Crippen LogP contribution is 2.23. The molecule has 0 spiro atoms. The lowest BCUT2D eigenvalue weighted by molar-refractivity contribution is 0.631. The zero-order valence-corrected chi connectivity index (χ0v) is 10.2. The summed E-state index contributed by atoms with van der Waals surface area (Å²) in [6.07, 6.45) is 4.92. The molecule has 7 heteroatoms. The molecule has 3 N–H and O–H groups in total. The smallest absolute Gasteiger partial charge is 0.180 e. The molecule has 0 saturated heterocycles. The molecule has 3 rings (SSSR count). The molecular weight excluding hydrogens is 259 g/mol. The number of anilines is 3. The van der Waals surface area contributed by atoms with E-state index in [-0.39, 0.29) is 17.1 Å². The van der Waals surface area contributed by atoms with E-state index >= 15 is 0 Å². The van der Waals surface area contributed by atoms with E-state index in [1.807, 2.05) is 6.07 Å². The Balaban J connectivity index is 2.05. The van der Waals surface area contributed by atoms with E-state index < -0.39 is 5.82 Å². The molecule has 0 aliphatic carbocycles. The maximum atomic E-state index is 13.8. The molecule has 0 aliphatic rings. The average Bonchev–Trinajstić information content (AvgIpc) is 2.89. The summed E-state index contributed by atoms with van der Waals surface area (Å²) in [6.45, 7) is 0. The second kappa shape index (κ2) is 4.51. The molecule has 2 heterocycles. The molecule has 3 aromatic rings. The summed E-state index contributed by atoms with van der Waals surface area (Å²) in [5.41, 5.74) is 6.67. The van der Waals surface area contributed by atoms with Crippen molar-refractivity contribution in [3.63, 3.8) is 0 Å². The Morgan fingerprint density at radius 1 is 1.40 bits per heavy atom. The monoisotopic (exact) mass is 268 g/mol. The normalized spacial score (nSPS) is 10.4. The van der Waals surface area contributed by atoms with E-state index in [0.29, 0.717) is 11.5 Å². The van der Waals surface area contributed by atoms with Crippen molar-refractivity contribution >= 4 is 23.0 Å². The van der Waals surface area contributed by atoms with Crippen LogP contribution in [-0.4, -0.2) is 14.4 Å². The van der Waals surface area contributed by atoms with Gasteiger partial charge in [-0.15, -0.1) is 0 Å². The maximum Gasteiger partial charge on any atom is 0.180 e. The fourth-order valence-corrected chi connectivity index (χ4v) is 1.85. The van der Waals surface area contributed by atoms with E-state index in [4.69, 9.17) is 11.0 Å². The first-order valence-corrected chi connectivity index (χ1v) is 5.73. The van der Waals surface area contributed by atoms with Gasteiger partial charge in [-0.1, -0.05) is 0 Å². The average molecular weight is 268 g/mol. The van der Waals surface area contributed by atoms with Crippen LogP contribution in [0, 0.1) is 17.1 Å². The molecule has 2 aromatic heterocycles. The lowest BCUT2D eigenvalue weighted by Gasteiger charge is -2.09. The molecule has 0 atom stereocenters. The van der Waals surface area contributed by atoms with Crippen molar-refractivity contribution in [1.82, 2.24) is 14.4 Å². The minimum Gasteiger partial charge on any atom is -0.382 e. The van der Waals surface area contributed by atoms with Gasteiger partial charge in [-0.25, -0.2) is 14.4 Å². The first kappa shape index (κ1) is 11.9. The van der Waals surface area contributed by atoms with E-state index in [9.17, 15) is 4.39 Å². The number of nitrogens with one attached hydrogen (secondary N) is 1. The molecule has 1 aromatic carbocycles. The van der Waals surface area contributed by atoms with E-state index in [1.165, 1.54) is 12.1 Å². The second-order valence-electron chi connectivity index (χ2n) is 4.10. The van der Waals surface area contributed by atoms with Crippen molar-refractivity contribution in [2.75, 3.05) is 11.1 Å². The number of rotatable bonds is 2. The van der Waals surface area contributed by atoms with Crippen molar-refractivity contribution in [3.8, 4) is 6.07 Å². The van der Waals surface area contributed by atoms with Gasteiger partial charge in [0.25, 0.3) is 0 Å². The predicted molar refractivity (Wildman–Crippen MR) is 71.8 cm³/mol. The highest BCUT2D eigenvalue weighted by Gasteiger charge is 2.09. The molecule has 0 saturated carbocycles. The van der Waals surface area contributed by atoms with Crippen LogP contribution in [0.4, 0.5) is 21.7 Å². The third-order valence-corrected chi connectivity index (χ3v) is 2.74. The highest BCUT2D eigenvalue weighted by atomic mass is 19.1. The number of imidazole rings is 1. The van der Waals surface area contributed by atoms with Crippen molar-refractivity contribution < 1.29 is 4.39 Å². The summed E-state index contributed by atoms with van der Waals surface area (Å²) in [5.74, 6) is 0.0867. The van der Waals surface area contributed by atoms with Crippen LogP contribution in [0.5, 0.6) is 0 Å². The number of benzene rings is 1. The number of nitriles is 1. The van der Waals surface area contributed by atoms with Gasteiger partial charge in [-0.2, -0.15) is 5.26 Å². The Morgan fingerprint density at radius 3 is 3.00 bits per heavy atom. The zero-order chi connectivity index (χ0) is 14.1. The van der Waals surface area contributed by atoms with Crippen molar-refractivity contribution in [1.29, 1.82) is 5.26 Å². The van der Waals surface area contributed by atoms with Crippen molar-refractivity contribution in [3.05, 3.63) is 48.2 Å². The molecular formula is C13H9FN6. The maximum absolute atomic E-state index is 13.8. The third-order valence-electron chi connectivity index (χ3n) is 2.74. The van der Waals surface area contributed by atoms with Crippen LogP contribution >= 0.6 is 0 Å². The quantitative estimate of drug-likeness (QED) is 0.742. The molecule has 0 radical (unpaired) electrons. The topological polar surface area (TPSA) is 92.0 Å². The molecule has 0 unspecified atom stereocenters. The number of fused-ring (bicyclic) bond motifs is 1. The number of halogens is 1. The van der Waals surface area contributed by atoms with Crippen LogP contribution in [0.15, 0.2) is 36.8 Å². The van der Waals surface area contributed by atoms with Gasteiger partial charge in [0.2, 0.25) is 0 Å². The number of nitrogen functional groups attached to an aromatic ring is 1. The predicted octanol–water partition coefficient (Wildman–Crippen LogP) is 2.07. The van der Waals surface area contributed by atoms with Gasteiger partial charge in [0.15, 0.2) is 11.5 Å². The summed E-state index contributed by atoms with van der Waals surface area (Å²) in [4.78, 5) is 8.23. The number of hydrogen-bond acceptors (Lipinski definition) is 5. The number of aromatic nitrogens is 3. The lowest BCUT2D eigenvalue weighted by Crippen LogP contribution is -2.03. The van der Waals surface area contributed by atoms with E-state index in [1.54, 1.807) is 23.0 Å². The lowest BCUT2D eigenvalue weighted by atomic mass is 10.2. The van der Waals surface area contributed by atoms with Gasteiger partial charge in [-0.3, -0.25) is 0 Å². The van der Waals surface area contributed by atoms with E-state index in [0.717, 1.165) is 6.07 Å². The molecule has 0 aliphatic heterocycles. The largest absolute Gasteiger partial charge is 0.382 e. The van der Waals surface area contributed by atoms with Crippen molar-refractivity contribution in [2.45, 2.75) is 0 Å². The van der Waals surface area contributed by atoms with Gasteiger partial charge in [0, 0.05) is 12.4 Å². The summed E-state index contributed by atoms with van der Waals surface area (Å²) in [6, 6.07) is 6.01. The number of hydrogen-bond donors (Lipinski definition) is 2. The van der Waals surface area contributed by atoms with Crippen LogP contribution in [0.3, 0.4) is 0 Å². The fraction of sp³-hybridized carbons (Fsp3) is 0. The summed E-state index contributed by atoms with van der Waals surface area (Å²) < 4.78 is 15.5. The van der Waals surface area contributed by atoms with E-state index in [2.05, 4.69) is 15.3 Å². The van der Waals surface area contributed by atoms with Gasteiger partial charge < -0.3 is 15.5 Å². The van der Waals surface area contributed by atoms with Crippen LogP contribution in [0.2, 0.25) is 0 Å². The Labute approximate surface area is 113 Å². The van der Waals surface area contributed by atoms with Gasteiger partial charge in [0.05, 0.1) is 23.5 Å². The highest BCUT2D eigenvalue weighted by molar-refractivity contribution is 5.71. The Bertz CT molecular complexity index is 832. The van der Waals surface area contributed by atoms with Crippen molar-refractivity contribution in [2.24, 2.45) is 0 Å². The van der Waals surface area contributed by atoms with Gasteiger partial charge >= 0.3 is 0 Å². The minimum absolute atomic E-state index is 0.201. The van der Waals surface area contributed by atoms with Crippen LogP contribution < -0.4 is 11.1 Å². The van der Waals surface area contributed by atoms with Gasteiger partial charge in [0.1, 0.15) is 11.6 Å². The fourth-order valence-electron chi connectivity index (χ4n) is 1.85. The Kier molecular flexibility index (Phi) is 2.69. The van der Waals surface area contributed by atoms with Gasteiger partial charge in [-0.05, 0) is 18.2 Å². The number of nitrogens with zero attached hydrogens (tertiary/aromatic N) is 4. The Morgan fingerprint density at radius 2 is 2.25 bits per heavy atom. The molecule has 0 bridgehead atoms. The molecule has 6 nitrogen and oxygen atoms in total. The van der Waals surface area contributed by atoms with Crippen LogP contribution in [-0.2, 0) is 0 Å². The van der Waals surface area contributed by atoms with Crippen LogP contribution in [0.25, 0.3) is 5.65 Å². The number of nitrogens with two attached hydrogens (primary N) is 1. The van der Waals surface area contributed by atoms with Crippen LogP contribution in [0.1, 0.15) is 5.56 Å². The molecule has 0 fully saturated rings. The summed E-state index contributed by atoms with van der Waals surface area (Å²) in [7, 11) is 0. The standard InChI is InChI=1S/C13H9FN6/c14-9-5-8(6-15)1-2-10(9)18-12-13-17-3-4-20(13)7-11(16)19-12/h1-5,7H,16H2,(H,18,19). The Hall–Kier alpha value is -3.14. The zero-order valence-electron chi connectivity index (χ0n) is 10.2. The molecule has 98 valence electrons. The third kappa shape index (κ3) is 1.99. The minimum atomic E-state index is -0.544. The first-order chi connectivity index (χ1) is 9.67. The first-order valence-electron chi connectivity index (χ1n) is 5.73. The second-order valence-corrected chi connectivity index (χ2v) is 4.10. The molecule has 0 amide bonds. The summed E-state index contributed by atoms with van der Waals surface area (Å²) >= 11 is 0. The SMILES string of the molecule is N#Cc1ccc(Nc2nc(N)cn3ccnc23)c(F)c1. The summed E-state index contributed by atoms with van der Waals surface area (Å²) in [5, 5.41) is 11.5.